The molecule has 4 nitrogen and oxygen atoms in total. The lowest BCUT2D eigenvalue weighted by Crippen LogP contribution is -2.30. The monoisotopic (exact) mass is 363 g/mol. The van der Waals surface area contributed by atoms with Crippen molar-refractivity contribution in [1.82, 2.24) is 10.2 Å². The molecule has 1 amide bonds. The maximum absolute atomic E-state index is 12.6. The first-order chi connectivity index (χ1) is 12.9. The number of nitrogens with zero attached hydrogens (tertiary/aromatic N) is 2. The predicted octanol–water partition coefficient (Wildman–Crippen LogP) is 4.18. The third kappa shape index (κ3) is 6.23. The van der Waals surface area contributed by atoms with Crippen LogP contribution < -0.4 is 5.32 Å². The molecule has 0 saturated heterocycles. The second kappa shape index (κ2) is 9.89. The molecule has 0 aliphatic carbocycles. The zero-order valence-corrected chi connectivity index (χ0v) is 16.7. The van der Waals surface area contributed by atoms with Crippen molar-refractivity contribution in [1.29, 1.82) is 5.26 Å². The standard InChI is InChI=1S/C23H29N3O/c1-17(2)14-22(23(27)25-13-12-24)21-7-5-6-20(15-21)19-10-8-18(9-11-19)16-26(3)4/h5-11,15,17,22H,13-14,16H2,1-4H3,(H,25,27)/t22-/m1/s1. The first-order valence-corrected chi connectivity index (χ1v) is 9.39. The van der Waals surface area contributed by atoms with Crippen molar-refractivity contribution >= 4 is 5.91 Å². The number of carbonyl (C=O) groups is 1. The topological polar surface area (TPSA) is 56.1 Å². The number of amides is 1. The minimum atomic E-state index is -0.244. The number of nitrogens with one attached hydrogen (secondary N) is 1. The first-order valence-electron chi connectivity index (χ1n) is 9.39. The molecule has 0 aliphatic heterocycles. The van der Waals surface area contributed by atoms with Gasteiger partial charge >= 0.3 is 0 Å². The van der Waals surface area contributed by atoms with Gasteiger partial charge in [-0.05, 0) is 48.7 Å². The van der Waals surface area contributed by atoms with Crippen molar-refractivity contribution in [3.63, 3.8) is 0 Å². The Labute approximate surface area is 162 Å². The highest BCUT2D eigenvalue weighted by Crippen LogP contribution is 2.28. The molecule has 2 aromatic carbocycles. The Bertz CT molecular complexity index is 788. The lowest BCUT2D eigenvalue weighted by molar-refractivity contribution is -0.122. The highest BCUT2D eigenvalue weighted by Gasteiger charge is 2.22. The van der Waals surface area contributed by atoms with E-state index in [9.17, 15) is 4.79 Å². The van der Waals surface area contributed by atoms with E-state index in [4.69, 9.17) is 5.26 Å². The number of hydrogen-bond donors (Lipinski definition) is 1. The molecule has 0 saturated carbocycles. The average Bonchev–Trinajstić information content (AvgIpc) is 2.64. The van der Waals surface area contributed by atoms with Gasteiger partial charge in [0.05, 0.1) is 12.0 Å². The second-order valence-corrected chi connectivity index (χ2v) is 7.62. The van der Waals surface area contributed by atoms with Crippen LogP contribution in [0, 0.1) is 17.2 Å². The number of carbonyl (C=O) groups excluding carboxylic acids is 1. The van der Waals surface area contributed by atoms with E-state index in [-0.39, 0.29) is 18.4 Å². The molecule has 1 atom stereocenters. The third-order valence-electron chi connectivity index (χ3n) is 4.44. The first kappa shape index (κ1) is 20.7. The van der Waals surface area contributed by atoms with E-state index < -0.39 is 0 Å². The maximum Gasteiger partial charge on any atom is 0.228 e. The minimum Gasteiger partial charge on any atom is -0.342 e. The molecule has 0 aliphatic rings. The van der Waals surface area contributed by atoms with E-state index in [1.807, 2.05) is 18.2 Å². The summed E-state index contributed by atoms with van der Waals surface area (Å²) in [6, 6.07) is 18.7. The lowest BCUT2D eigenvalue weighted by atomic mass is 9.88. The summed E-state index contributed by atoms with van der Waals surface area (Å²) in [5, 5.41) is 11.5. The molecule has 1 N–H and O–H groups in total. The van der Waals surface area contributed by atoms with E-state index in [1.54, 1.807) is 0 Å². The van der Waals surface area contributed by atoms with E-state index in [2.05, 4.69) is 74.6 Å². The summed E-state index contributed by atoms with van der Waals surface area (Å²) < 4.78 is 0. The van der Waals surface area contributed by atoms with Crippen LogP contribution >= 0.6 is 0 Å². The van der Waals surface area contributed by atoms with E-state index in [0.717, 1.165) is 29.7 Å². The Morgan fingerprint density at radius 2 is 1.81 bits per heavy atom. The summed E-state index contributed by atoms with van der Waals surface area (Å²) >= 11 is 0. The summed E-state index contributed by atoms with van der Waals surface area (Å²) in [7, 11) is 4.12. The quantitative estimate of drug-likeness (QED) is 0.716. The van der Waals surface area contributed by atoms with Gasteiger partial charge < -0.3 is 10.2 Å². The smallest absolute Gasteiger partial charge is 0.228 e. The molecule has 142 valence electrons. The number of nitriles is 1. The van der Waals surface area contributed by atoms with Crippen LogP contribution in [0.1, 0.15) is 37.3 Å². The molecule has 0 spiro atoms. The molecule has 0 unspecified atom stereocenters. The molecule has 0 fully saturated rings. The van der Waals surface area contributed by atoms with E-state index in [1.165, 1.54) is 5.56 Å². The summed E-state index contributed by atoms with van der Waals surface area (Å²) in [5.41, 5.74) is 4.51. The van der Waals surface area contributed by atoms with Gasteiger partial charge in [-0.3, -0.25) is 4.79 Å². The van der Waals surface area contributed by atoms with E-state index >= 15 is 0 Å². The lowest BCUT2D eigenvalue weighted by Gasteiger charge is -2.19. The molecule has 0 heterocycles. The van der Waals surface area contributed by atoms with Gasteiger partial charge in [0.15, 0.2) is 0 Å². The Morgan fingerprint density at radius 3 is 2.41 bits per heavy atom. The Hall–Kier alpha value is -2.64. The van der Waals surface area contributed by atoms with Crippen LogP contribution in [0.3, 0.4) is 0 Å². The maximum atomic E-state index is 12.6. The fourth-order valence-corrected chi connectivity index (χ4v) is 3.22. The van der Waals surface area contributed by atoms with Crippen molar-refractivity contribution in [2.75, 3.05) is 20.6 Å². The van der Waals surface area contributed by atoms with Crippen LogP contribution in [-0.2, 0) is 11.3 Å². The van der Waals surface area contributed by atoms with Crippen molar-refractivity contribution < 1.29 is 4.79 Å². The molecule has 2 rings (SSSR count). The van der Waals surface area contributed by atoms with Gasteiger partial charge in [0.2, 0.25) is 5.91 Å². The van der Waals surface area contributed by atoms with Gasteiger partial charge in [-0.15, -0.1) is 0 Å². The Balaban J connectivity index is 2.27. The van der Waals surface area contributed by atoms with Crippen molar-refractivity contribution in [3.05, 3.63) is 59.7 Å². The van der Waals surface area contributed by atoms with Gasteiger partial charge in [0.1, 0.15) is 6.54 Å². The van der Waals surface area contributed by atoms with Crippen LogP contribution in [0.5, 0.6) is 0 Å². The largest absolute Gasteiger partial charge is 0.342 e. The fourth-order valence-electron chi connectivity index (χ4n) is 3.22. The van der Waals surface area contributed by atoms with Crippen LogP contribution in [0.4, 0.5) is 0 Å². The SMILES string of the molecule is CC(C)C[C@@H](C(=O)NCC#N)c1cccc(-c2ccc(CN(C)C)cc2)c1. The van der Waals surface area contributed by atoms with Crippen LogP contribution in [0.25, 0.3) is 11.1 Å². The van der Waals surface area contributed by atoms with Crippen molar-refractivity contribution in [2.45, 2.75) is 32.7 Å². The number of hydrogen-bond acceptors (Lipinski definition) is 3. The molecule has 4 heteroatoms. The summed E-state index contributed by atoms with van der Waals surface area (Å²) in [4.78, 5) is 14.7. The van der Waals surface area contributed by atoms with Gasteiger partial charge in [0, 0.05) is 6.54 Å². The Morgan fingerprint density at radius 1 is 1.11 bits per heavy atom. The van der Waals surface area contributed by atoms with Gasteiger partial charge in [-0.25, -0.2) is 0 Å². The average molecular weight is 364 g/mol. The van der Waals surface area contributed by atoms with Gasteiger partial charge in [0.25, 0.3) is 0 Å². The third-order valence-corrected chi connectivity index (χ3v) is 4.44. The highest BCUT2D eigenvalue weighted by molar-refractivity contribution is 5.84. The number of rotatable bonds is 8. The zero-order valence-electron chi connectivity index (χ0n) is 16.7. The van der Waals surface area contributed by atoms with Crippen LogP contribution in [0.15, 0.2) is 48.5 Å². The molecular formula is C23H29N3O. The van der Waals surface area contributed by atoms with Crippen LogP contribution in [0.2, 0.25) is 0 Å². The zero-order chi connectivity index (χ0) is 19.8. The highest BCUT2D eigenvalue weighted by atomic mass is 16.1. The fraction of sp³-hybridized carbons (Fsp3) is 0.391. The van der Waals surface area contributed by atoms with Crippen molar-refractivity contribution in [3.8, 4) is 17.2 Å². The summed E-state index contributed by atoms with van der Waals surface area (Å²) in [5.74, 6) is 0.0619. The molecule has 27 heavy (non-hydrogen) atoms. The minimum absolute atomic E-state index is 0.0421. The summed E-state index contributed by atoms with van der Waals surface area (Å²) in [6.45, 7) is 5.17. The van der Waals surface area contributed by atoms with Gasteiger partial charge in [-0.1, -0.05) is 62.4 Å². The normalized spacial score (nSPS) is 12.0. The van der Waals surface area contributed by atoms with Crippen molar-refractivity contribution in [2.24, 2.45) is 5.92 Å². The molecular weight excluding hydrogens is 334 g/mol. The summed E-state index contributed by atoms with van der Waals surface area (Å²) in [6.07, 6.45) is 0.752. The predicted molar refractivity (Wildman–Crippen MR) is 110 cm³/mol. The second-order valence-electron chi connectivity index (χ2n) is 7.62. The van der Waals surface area contributed by atoms with E-state index in [0.29, 0.717) is 5.92 Å². The van der Waals surface area contributed by atoms with Crippen LogP contribution in [-0.4, -0.2) is 31.4 Å². The molecule has 0 radical (unpaired) electrons. The van der Waals surface area contributed by atoms with Gasteiger partial charge in [-0.2, -0.15) is 5.26 Å². The molecule has 0 bridgehead atoms. The molecule has 2 aromatic rings. The Kier molecular flexibility index (Phi) is 7.57. The number of benzene rings is 2. The molecule has 0 aromatic heterocycles.